The van der Waals surface area contributed by atoms with E-state index < -0.39 is 0 Å². The second-order valence-electron chi connectivity index (χ2n) is 2.44. The van der Waals surface area contributed by atoms with Crippen LogP contribution in [0, 0.1) is 12.3 Å². The molecule has 11 heavy (non-hydrogen) atoms. The zero-order valence-electron chi connectivity index (χ0n) is 6.41. The number of pyridine rings is 1. The highest BCUT2D eigenvalue weighted by molar-refractivity contribution is 5.39. The van der Waals surface area contributed by atoms with Gasteiger partial charge in [0.2, 0.25) is 0 Å². The molecule has 0 amide bonds. The van der Waals surface area contributed by atoms with Crippen molar-refractivity contribution in [2.75, 3.05) is 5.73 Å². The average molecular weight is 146 g/mol. The zero-order chi connectivity index (χ0) is 8.27. The molecule has 0 radical (unpaired) electrons. The van der Waals surface area contributed by atoms with Crippen molar-refractivity contribution in [2.45, 2.75) is 12.8 Å². The Morgan fingerprint density at radius 1 is 1.64 bits per heavy atom. The second kappa shape index (κ2) is 3.07. The molecule has 2 heteroatoms. The number of terminal acetylenes is 1. The van der Waals surface area contributed by atoms with Gasteiger partial charge < -0.3 is 5.73 Å². The van der Waals surface area contributed by atoms with Gasteiger partial charge in [-0.15, -0.1) is 6.42 Å². The van der Waals surface area contributed by atoms with Crippen LogP contribution in [0.4, 0.5) is 5.69 Å². The fourth-order valence-electron chi connectivity index (χ4n) is 0.809. The van der Waals surface area contributed by atoms with Crippen molar-refractivity contribution in [1.29, 1.82) is 0 Å². The first kappa shape index (κ1) is 7.62. The Hall–Kier alpha value is -1.49. The minimum atomic E-state index is 0.0889. The van der Waals surface area contributed by atoms with Gasteiger partial charge in [0.15, 0.2) is 0 Å². The summed E-state index contributed by atoms with van der Waals surface area (Å²) in [5.74, 6) is 2.70. The van der Waals surface area contributed by atoms with Crippen LogP contribution in [0.25, 0.3) is 0 Å². The molecule has 0 saturated carbocycles. The van der Waals surface area contributed by atoms with Crippen LogP contribution in [-0.4, -0.2) is 4.98 Å². The molecular formula is C9H10N2. The number of hydrogen-bond donors (Lipinski definition) is 1. The summed E-state index contributed by atoms with van der Waals surface area (Å²) in [6, 6.07) is 1.84. The number of rotatable bonds is 1. The summed E-state index contributed by atoms with van der Waals surface area (Å²) >= 11 is 0. The first-order valence-electron chi connectivity index (χ1n) is 3.40. The molecule has 0 aliphatic heterocycles. The molecule has 2 nitrogen and oxygen atoms in total. The van der Waals surface area contributed by atoms with Crippen molar-refractivity contribution in [3.05, 3.63) is 24.0 Å². The van der Waals surface area contributed by atoms with Gasteiger partial charge in [0.05, 0.1) is 5.69 Å². The van der Waals surface area contributed by atoms with Gasteiger partial charge in [-0.3, -0.25) is 4.98 Å². The smallest absolute Gasteiger partial charge is 0.0503 e. The van der Waals surface area contributed by atoms with Crippen LogP contribution in [0.2, 0.25) is 0 Å². The molecule has 1 aromatic heterocycles. The lowest BCUT2D eigenvalue weighted by Gasteiger charge is -2.02. The maximum absolute atomic E-state index is 5.52. The Labute approximate surface area is 66.4 Å². The van der Waals surface area contributed by atoms with E-state index in [4.69, 9.17) is 12.2 Å². The molecule has 1 rings (SSSR count). The first-order chi connectivity index (χ1) is 5.24. The quantitative estimate of drug-likeness (QED) is 0.608. The molecule has 0 aliphatic carbocycles. The highest BCUT2D eigenvalue weighted by atomic mass is 14.7. The lowest BCUT2D eigenvalue weighted by molar-refractivity contribution is 0.990. The van der Waals surface area contributed by atoms with E-state index >= 15 is 0 Å². The standard InChI is InChI=1S/C9H10N2/c1-3-7(2)8-4-9(10)6-11-5-8/h1,4-7H,10H2,2H3/t7-/m0/s1. The van der Waals surface area contributed by atoms with Gasteiger partial charge in [-0.2, -0.15) is 0 Å². The molecule has 56 valence electrons. The monoisotopic (exact) mass is 146 g/mol. The number of aromatic nitrogens is 1. The molecule has 0 fully saturated rings. The Balaban J connectivity index is 2.98. The average Bonchev–Trinajstić information content (AvgIpc) is 2.03. The number of anilines is 1. The summed E-state index contributed by atoms with van der Waals surface area (Å²) in [4.78, 5) is 3.93. The van der Waals surface area contributed by atoms with E-state index in [1.807, 2.05) is 13.0 Å². The van der Waals surface area contributed by atoms with Crippen LogP contribution in [0.5, 0.6) is 0 Å². The first-order valence-corrected chi connectivity index (χ1v) is 3.40. The molecule has 0 bridgehead atoms. The minimum Gasteiger partial charge on any atom is -0.397 e. The SMILES string of the molecule is C#C[C@H](C)c1cncc(N)c1. The van der Waals surface area contributed by atoms with Crippen LogP contribution < -0.4 is 5.73 Å². The summed E-state index contributed by atoms with van der Waals surface area (Å²) in [6.45, 7) is 1.94. The van der Waals surface area contributed by atoms with Crippen molar-refractivity contribution in [3.8, 4) is 12.3 Å². The Morgan fingerprint density at radius 2 is 2.36 bits per heavy atom. The van der Waals surface area contributed by atoms with Crippen LogP contribution in [0.15, 0.2) is 18.5 Å². The molecule has 1 atom stereocenters. The van der Waals surface area contributed by atoms with Gasteiger partial charge in [-0.1, -0.05) is 5.92 Å². The van der Waals surface area contributed by atoms with Gasteiger partial charge >= 0.3 is 0 Å². The Bertz CT molecular complexity index is 286. The van der Waals surface area contributed by atoms with Crippen molar-refractivity contribution >= 4 is 5.69 Å². The van der Waals surface area contributed by atoms with Crippen LogP contribution in [-0.2, 0) is 0 Å². The van der Waals surface area contributed by atoms with E-state index in [0.717, 1.165) is 5.56 Å². The maximum Gasteiger partial charge on any atom is 0.0503 e. The Morgan fingerprint density at radius 3 is 2.91 bits per heavy atom. The summed E-state index contributed by atoms with van der Waals surface area (Å²) in [7, 11) is 0. The van der Waals surface area contributed by atoms with Crippen LogP contribution in [0.1, 0.15) is 18.4 Å². The number of hydrogen-bond acceptors (Lipinski definition) is 2. The number of nitrogens with zero attached hydrogens (tertiary/aromatic N) is 1. The number of nitrogens with two attached hydrogens (primary N) is 1. The molecule has 1 aromatic rings. The van der Waals surface area contributed by atoms with Gasteiger partial charge in [-0.25, -0.2) is 0 Å². The fraction of sp³-hybridized carbons (Fsp3) is 0.222. The molecule has 2 N–H and O–H groups in total. The molecule has 0 aliphatic rings. The summed E-state index contributed by atoms with van der Waals surface area (Å²) in [5, 5.41) is 0. The molecule has 0 unspecified atom stereocenters. The molecule has 0 spiro atoms. The number of nitrogen functional groups attached to an aromatic ring is 1. The third-order valence-corrected chi connectivity index (χ3v) is 1.53. The fourth-order valence-corrected chi connectivity index (χ4v) is 0.809. The zero-order valence-corrected chi connectivity index (χ0v) is 6.41. The van der Waals surface area contributed by atoms with Crippen molar-refractivity contribution in [2.24, 2.45) is 0 Å². The van der Waals surface area contributed by atoms with Gasteiger partial charge in [0.1, 0.15) is 0 Å². The molecule has 0 saturated heterocycles. The lowest BCUT2D eigenvalue weighted by atomic mass is 10.0. The van der Waals surface area contributed by atoms with Gasteiger partial charge in [-0.05, 0) is 18.6 Å². The van der Waals surface area contributed by atoms with E-state index in [9.17, 15) is 0 Å². The van der Waals surface area contributed by atoms with Crippen molar-refractivity contribution < 1.29 is 0 Å². The minimum absolute atomic E-state index is 0.0889. The normalized spacial score (nSPS) is 12.0. The largest absolute Gasteiger partial charge is 0.397 e. The third-order valence-electron chi connectivity index (χ3n) is 1.53. The highest BCUT2D eigenvalue weighted by Crippen LogP contribution is 2.14. The predicted molar refractivity (Wildman–Crippen MR) is 45.9 cm³/mol. The third kappa shape index (κ3) is 1.71. The summed E-state index contributed by atoms with van der Waals surface area (Å²) in [6.07, 6.45) is 8.58. The maximum atomic E-state index is 5.52. The van der Waals surface area contributed by atoms with E-state index in [-0.39, 0.29) is 5.92 Å². The Kier molecular flexibility index (Phi) is 2.12. The summed E-state index contributed by atoms with van der Waals surface area (Å²) < 4.78 is 0. The van der Waals surface area contributed by atoms with E-state index in [0.29, 0.717) is 5.69 Å². The van der Waals surface area contributed by atoms with Crippen LogP contribution >= 0.6 is 0 Å². The van der Waals surface area contributed by atoms with E-state index in [1.165, 1.54) is 0 Å². The molecular weight excluding hydrogens is 136 g/mol. The summed E-state index contributed by atoms with van der Waals surface area (Å²) in [5.41, 5.74) is 7.17. The predicted octanol–water partition coefficient (Wildman–Crippen LogP) is 1.40. The van der Waals surface area contributed by atoms with E-state index in [1.54, 1.807) is 12.4 Å². The molecule has 0 aromatic carbocycles. The lowest BCUT2D eigenvalue weighted by Crippen LogP contribution is -1.93. The van der Waals surface area contributed by atoms with Crippen molar-refractivity contribution in [3.63, 3.8) is 0 Å². The van der Waals surface area contributed by atoms with Crippen molar-refractivity contribution in [1.82, 2.24) is 4.98 Å². The highest BCUT2D eigenvalue weighted by Gasteiger charge is 2.00. The van der Waals surface area contributed by atoms with Gasteiger partial charge in [0, 0.05) is 18.3 Å². The topological polar surface area (TPSA) is 38.9 Å². The van der Waals surface area contributed by atoms with E-state index in [2.05, 4.69) is 10.9 Å². The second-order valence-corrected chi connectivity index (χ2v) is 2.44. The van der Waals surface area contributed by atoms with Gasteiger partial charge in [0.25, 0.3) is 0 Å². The van der Waals surface area contributed by atoms with Crippen LogP contribution in [0.3, 0.4) is 0 Å². The molecule has 1 heterocycles.